The minimum Gasteiger partial charge on any atom is -0.376 e. The van der Waals surface area contributed by atoms with Crippen LogP contribution >= 0.6 is 0 Å². The van der Waals surface area contributed by atoms with Crippen LogP contribution in [0.15, 0.2) is 30.3 Å². The van der Waals surface area contributed by atoms with Crippen LogP contribution in [-0.2, 0) is 0 Å². The quantitative estimate of drug-likeness (QED) is 0.689. The van der Waals surface area contributed by atoms with E-state index in [0.717, 1.165) is 5.92 Å². The molecule has 0 aliphatic heterocycles. The van der Waals surface area contributed by atoms with Crippen LogP contribution in [0, 0.1) is 11.8 Å². The molecular formula is C10H7F3O. The van der Waals surface area contributed by atoms with E-state index in [1.54, 1.807) is 24.1 Å². The first-order valence-electron chi connectivity index (χ1n) is 3.81. The molecule has 0 bridgehead atoms. The van der Waals surface area contributed by atoms with Gasteiger partial charge in [0.2, 0.25) is 0 Å². The SMILES string of the molecule is O[C@H](C#CC(F)(F)F)c1ccccc1. The third-order valence-corrected chi connectivity index (χ3v) is 1.47. The van der Waals surface area contributed by atoms with Gasteiger partial charge >= 0.3 is 6.18 Å². The van der Waals surface area contributed by atoms with Crippen LogP contribution in [0.1, 0.15) is 11.7 Å². The molecule has 74 valence electrons. The van der Waals surface area contributed by atoms with Crippen molar-refractivity contribution in [2.75, 3.05) is 0 Å². The first-order valence-corrected chi connectivity index (χ1v) is 3.81. The molecule has 1 nitrogen and oxygen atoms in total. The second-order valence-corrected chi connectivity index (χ2v) is 2.58. The van der Waals surface area contributed by atoms with Crippen LogP contribution in [0.25, 0.3) is 0 Å². The van der Waals surface area contributed by atoms with Crippen molar-refractivity contribution >= 4 is 0 Å². The Labute approximate surface area is 79.2 Å². The van der Waals surface area contributed by atoms with E-state index in [1.807, 2.05) is 0 Å². The van der Waals surface area contributed by atoms with Crippen molar-refractivity contribution in [1.29, 1.82) is 0 Å². The van der Waals surface area contributed by atoms with E-state index < -0.39 is 12.3 Å². The maximum atomic E-state index is 11.6. The van der Waals surface area contributed by atoms with Gasteiger partial charge in [-0.05, 0) is 5.56 Å². The second kappa shape index (κ2) is 4.16. The smallest absolute Gasteiger partial charge is 0.376 e. The highest BCUT2D eigenvalue weighted by Gasteiger charge is 2.23. The van der Waals surface area contributed by atoms with Gasteiger partial charge in [0.1, 0.15) is 6.10 Å². The van der Waals surface area contributed by atoms with Crippen molar-refractivity contribution in [3.63, 3.8) is 0 Å². The van der Waals surface area contributed by atoms with Crippen LogP contribution in [0.3, 0.4) is 0 Å². The highest BCUT2D eigenvalue weighted by atomic mass is 19.4. The fourth-order valence-electron chi connectivity index (χ4n) is 0.869. The predicted molar refractivity (Wildman–Crippen MR) is 45.2 cm³/mol. The molecule has 1 atom stereocenters. The highest BCUT2D eigenvalue weighted by molar-refractivity contribution is 5.25. The molecule has 0 aromatic heterocycles. The third kappa shape index (κ3) is 3.50. The Morgan fingerprint density at radius 1 is 1.14 bits per heavy atom. The molecule has 0 unspecified atom stereocenters. The standard InChI is InChI=1S/C10H7F3O/c11-10(12,13)7-6-9(14)8-4-2-1-3-5-8/h1-5,9,14H/t9-/m1/s1. The summed E-state index contributed by atoms with van der Waals surface area (Å²) < 4.78 is 34.9. The van der Waals surface area contributed by atoms with Gasteiger partial charge in [0.25, 0.3) is 0 Å². The Hall–Kier alpha value is -1.47. The Morgan fingerprint density at radius 3 is 2.21 bits per heavy atom. The highest BCUT2D eigenvalue weighted by Crippen LogP contribution is 2.15. The molecule has 0 aliphatic carbocycles. The van der Waals surface area contributed by atoms with Gasteiger partial charge in [-0.15, -0.1) is 0 Å². The van der Waals surface area contributed by atoms with E-state index in [0.29, 0.717) is 5.56 Å². The van der Waals surface area contributed by atoms with Gasteiger partial charge < -0.3 is 5.11 Å². The fourth-order valence-corrected chi connectivity index (χ4v) is 0.869. The molecule has 0 aliphatic rings. The summed E-state index contributed by atoms with van der Waals surface area (Å²) in [6.07, 6.45) is -5.95. The van der Waals surface area contributed by atoms with Crippen molar-refractivity contribution in [3.05, 3.63) is 35.9 Å². The molecule has 0 amide bonds. The molecule has 0 saturated carbocycles. The van der Waals surface area contributed by atoms with E-state index in [1.165, 1.54) is 12.1 Å². The van der Waals surface area contributed by atoms with Gasteiger partial charge in [-0.25, -0.2) is 0 Å². The summed E-state index contributed by atoms with van der Waals surface area (Å²) in [7, 11) is 0. The lowest BCUT2D eigenvalue weighted by molar-refractivity contribution is -0.0700. The first-order chi connectivity index (χ1) is 6.49. The second-order valence-electron chi connectivity index (χ2n) is 2.58. The number of hydrogen-bond acceptors (Lipinski definition) is 1. The third-order valence-electron chi connectivity index (χ3n) is 1.47. The lowest BCUT2D eigenvalue weighted by Crippen LogP contribution is -2.03. The molecular weight excluding hydrogens is 193 g/mol. The molecule has 4 heteroatoms. The largest absolute Gasteiger partial charge is 0.457 e. The minimum atomic E-state index is -4.56. The molecule has 0 fully saturated rings. The Balaban J connectivity index is 2.76. The zero-order valence-electron chi connectivity index (χ0n) is 7.05. The Morgan fingerprint density at radius 2 is 1.71 bits per heavy atom. The number of hydrogen-bond donors (Lipinski definition) is 1. The van der Waals surface area contributed by atoms with Gasteiger partial charge in [0.15, 0.2) is 0 Å². The molecule has 1 aromatic rings. The van der Waals surface area contributed by atoms with Gasteiger partial charge in [-0.2, -0.15) is 13.2 Å². The topological polar surface area (TPSA) is 20.2 Å². The van der Waals surface area contributed by atoms with Crippen LogP contribution in [-0.4, -0.2) is 11.3 Å². The Bertz CT molecular complexity index is 345. The van der Waals surface area contributed by atoms with Gasteiger partial charge in [0, 0.05) is 5.92 Å². The molecule has 14 heavy (non-hydrogen) atoms. The summed E-state index contributed by atoms with van der Waals surface area (Å²) in [5.74, 6) is 2.74. The lowest BCUT2D eigenvalue weighted by atomic mass is 10.1. The molecule has 1 aromatic carbocycles. The molecule has 0 saturated heterocycles. The van der Waals surface area contributed by atoms with E-state index in [4.69, 9.17) is 0 Å². The molecule has 0 heterocycles. The van der Waals surface area contributed by atoms with Crippen molar-refractivity contribution in [2.24, 2.45) is 0 Å². The molecule has 1 N–H and O–H groups in total. The summed E-state index contributed by atoms with van der Waals surface area (Å²) in [6.45, 7) is 0. The number of halogens is 3. The van der Waals surface area contributed by atoms with Gasteiger partial charge in [-0.3, -0.25) is 0 Å². The number of aliphatic hydroxyl groups is 1. The van der Waals surface area contributed by atoms with E-state index in [9.17, 15) is 18.3 Å². The van der Waals surface area contributed by atoms with Gasteiger partial charge in [-0.1, -0.05) is 36.3 Å². The summed E-state index contributed by atoms with van der Waals surface area (Å²) in [5.41, 5.74) is 0.351. The fraction of sp³-hybridized carbons (Fsp3) is 0.200. The van der Waals surface area contributed by atoms with Crippen molar-refractivity contribution in [3.8, 4) is 11.8 Å². The summed E-state index contributed by atoms with van der Waals surface area (Å²) in [4.78, 5) is 0. The number of alkyl halides is 3. The van der Waals surface area contributed by atoms with E-state index >= 15 is 0 Å². The zero-order chi connectivity index (χ0) is 10.6. The molecule has 1 rings (SSSR count). The number of aliphatic hydroxyl groups excluding tert-OH is 1. The normalized spacial score (nSPS) is 12.9. The van der Waals surface area contributed by atoms with Crippen molar-refractivity contribution < 1.29 is 18.3 Å². The maximum absolute atomic E-state index is 11.6. The van der Waals surface area contributed by atoms with Crippen molar-refractivity contribution in [2.45, 2.75) is 12.3 Å². The van der Waals surface area contributed by atoms with Crippen molar-refractivity contribution in [1.82, 2.24) is 0 Å². The maximum Gasteiger partial charge on any atom is 0.457 e. The van der Waals surface area contributed by atoms with Crippen LogP contribution in [0.5, 0.6) is 0 Å². The first kappa shape index (κ1) is 10.6. The van der Waals surface area contributed by atoms with Crippen LogP contribution < -0.4 is 0 Å². The Kier molecular flexibility index (Phi) is 3.15. The number of benzene rings is 1. The predicted octanol–water partition coefficient (Wildman–Crippen LogP) is 2.29. The molecule has 0 radical (unpaired) electrons. The van der Waals surface area contributed by atoms with E-state index in [-0.39, 0.29) is 0 Å². The summed E-state index contributed by atoms with van der Waals surface area (Å²) in [5, 5.41) is 9.21. The van der Waals surface area contributed by atoms with Gasteiger partial charge in [0.05, 0.1) is 0 Å². The summed E-state index contributed by atoms with van der Waals surface area (Å²) in [6, 6.07) is 7.96. The molecule has 0 spiro atoms. The average Bonchev–Trinajstić information content (AvgIpc) is 2.14. The summed E-state index contributed by atoms with van der Waals surface area (Å²) >= 11 is 0. The van der Waals surface area contributed by atoms with Crippen LogP contribution in [0.4, 0.5) is 13.2 Å². The van der Waals surface area contributed by atoms with E-state index in [2.05, 4.69) is 0 Å². The average molecular weight is 200 g/mol. The lowest BCUT2D eigenvalue weighted by Gasteiger charge is -2.02. The zero-order valence-corrected chi connectivity index (χ0v) is 7.05. The monoisotopic (exact) mass is 200 g/mol. The van der Waals surface area contributed by atoms with Crippen LogP contribution in [0.2, 0.25) is 0 Å². The minimum absolute atomic E-state index is 0.351. The number of rotatable bonds is 1.